The zero-order valence-electron chi connectivity index (χ0n) is 14.2. The zero-order valence-corrected chi connectivity index (χ0v) is 14.2. The molecule has 1 aliphatic rings. The molecule has 1 heterocycles. The molecule has 3 rings (SSSR count). The maximum absolute atomic E-state index is 13.9. The van der Waals surface area contributed by atoms with Crippen LogP contribution in [0.3, 0.4) is 0 Å². The molecule has 0 N–H and O–H groups in total. The number of carbonyl (C=O) groups excluding carboxylic acids is 1. The normalized spacial score (nSPS) is 15.6. The lowest BCUT2D eigenvalue weighted by Crippen LogP contribution is -2.46. The monoisotopic (exact) mass is 345 g/mol. The van der Waals surface area contributed by atoms with E-state index >= 15 is 0 Å². The minimum absolute atomic E-state index is 0.156. The molecule has 0 unspecified atom stereocenters. The van der Waals surface area contributed by atoms with Crippen molar-refractivity contribution in [3.05, 3.63) is 53.8 Å². The molecule has 5 nitrogen and oxygen atoms in total. The Kier molecular flexibility index (Phi) is 5.07. The Hall–Kier alpha value is -2.76. The van der Waals surface area contributed by atoms with Crippen molar-refractivity contribution < 1.29 is 23.4 Å². The van der Waals surface area contributed by atoms with E-state index in [1.165, 1.54) is 13.2 Å². The van der Waals surface area contributed by atoms with E-state index in [9.17, 15) is 9.18 Å². The largest absolute Gasteiger partial charge is 0.494 e. The van der Waals surface area contributed by atoms with Crippen LogP contribution in [0.15, 0.2) is 42.5 Å². The Morgan fingerprint density at radius 3 is 2.72 bits per heavy atom. The van der Waals surface area contributed by atoms with Gasteiger partial charge in [-0.1, -0.05) is 18.2 Å². The van der Waals surface area contributed by atoms with E-state index in [0.717, 1.165) is 0 Å². The van der Waals surface area contributed by atoms with Crippen LogP contribution >= 0.6 is 0 Å². The smallest absolute Gasteiger partial charge is 0.267 e. The molecule has 0 aromatic heterocycles. The molecule has 1 aliphatic heterocycles. The number of nitrogens with zero attached hydrogens (tertiary/aromatic N) is 1. The molecule has 0 saturated carbocycles. The van der Waals surface area contributed by atoms with Crippen molar-refractivity contribution in [2.45, 2.75) is 19.6 Å². The van der Waals surface area contributed by atoms with Crippen molar-refractivity contribution in [1.29, 1.82) is 0 Å². The Balaban J connectivity index is 1.71. The molecule has 0 fully saturated rings. The minimum Gasteiger partial charge on any atom is -0.494 e. The molecule has 2 aromatic carbocycles. The first kappa shape index (κ1) is 17.1. The summed E-state index contributed by atoms with van der Waals surface area (Å²) in [5.74, 6) is 0.729. The zero-order chi connectivity index (χ0) is 17.8. The maximum atomic E-state index is 13.9. The number of fused-ring (bicyclic) bond motifs is 1. The van der Waals surface area contributed by atoms with Gasteiger partial charge >= 0.3 is 0 Å². The summed E-state index contributed by atoms with van der Waals surface area (Å²) in [7, 11) is 1.41. The van der Waals surface area contributed by atoms with E-state index in [0.29, 0.717) is 23.6 Å². The second kappa shape index (κ2) is 7.42. The molecule has 0 saturated heterocycles. The van der Waals surface area contributed by atoms with Crippen molar-refractivity contribution >= 4 is 5.91 Å². The number of hydrogen-bond donors (Lipinski definition) is 0. The second-order valence-corrected chi connectivity index (χ2v) is 5.69. The summed E-state index contributed by atoms with van der Waals surface area (Å²) in [5, 5.41) is 0. The highest BCUT2D eigenvalue weighted by Crippen LogP contribution is 2.31. The third-order valence-corrected chi connectivity index (χ3v) is 4.07. The molecular formula is C19H20FNO4. The number of para-hydroxylation sites is 2. The molecule has 0 aliphatic carbocycles. The fourth-order valence-electron chi connectivity index (χ4n) is 2.72. The number of methoxy groups -OCH3 is 1. The van der Waals surface area contributed by atoms with Gasteiger partial charge in [-0.15, -0.1) is 0 Å². The molecular weight excluding hydrogens is 325 g/mol. The fourth-order valence-corrected chi connectivity index (χ4v) is 2.72. The molecule has 1 atom stereocenters. The number of carbonyl (C=O) groups is 1. The van der Waals surface area contributed by atoms with Gasteiger partial charge in [0.15, 0.2) is 23.1 Å². The summed E-state index contributed by atoms with van der Waals surface area (Å²) < 4.78 is 30.1. The van der Waals surface area contributed by atoms with Gasteiger partial charge in [-0.2, -0.15) is 0 Å². The molecule has 2 aromatic rings. The SMILES string of the molecule is CCN(Cc1ccc(OC)c(F)c1)C(=O)[C@@H]1COc2ccccc2O1. The summed E-state index contributed by atoms with van der Waals surface area (Å²) in [6.45, 7) is 2.80. The second-order valence-electron chi connectivity index (χ2n) is 5.69. The van der Waals surface area contributed by atoms with Gasteiger partial charge in [0.2, 0.25) is 6.10 Å². The topological polar surface area (TPSA) is 48.0 Å². The number of benzene rings is 2. The summed E-state index contributed by atoms with van der Waals surface area (Å²) >= 11 is 0. The van der Waals surface area contributed by atoms with Crippen LogP contribution in [-0.2, 0) is 11.3 Å². The Bertz CT molecular complexity index is 765. The minimum atomic E-state index is -0.710. The van der Waals surface area contributed by atoms with E-state index in [1.807, 2.05) is 19.1 Å². The highest BCUT2D eigenvalue weighted by Gasteiger charge is 2.30. The molecule has 0 spiro atoms. The number of likely N-dealkylation sites (N-methyl/N-ethyl adjacent to an activating group) is 1. The molecule has 1 amide bonds. The van der Waals surface area contributed by atoms with Crippen molar-refractivity contribution in [3.63, 3.8) is 0 Å². The molecule has 132 valence electrons. The number of halogens is 1. The first-order valence-corrected chi connectivity index (χ1v) is 8.12. The van der Waals surface area contributed by atoms with Gasteiger partial charge in [0.1, 0.15) is 6.61 Å². The highest BCUT2D eigenvalue weighted by molar-refractivity contribution is 5.82. The Morgan fingerprint density at radius 1 is 1.28 bits per heavy atom. The van der Waals surface area contributed by atoms with Gasteiger partial charge in [-0.25, -0.2) is 4.39 Å². The predicted molar refractivity (Wildman–Crippen MR) is 90.4 cm³/mol. The van der Waals surface area contributed by atoms with Crippen LogP contribution in [0.1, 0.15) is 12.5 Å². The summed E-state index contributed by atoms with van der Waals surface area (Å²) in [6.07, 6.45) is -0.710. The first-order chi connectivity index (χ1) is 12.1. The highest BCUT2D eigenvalue weighted by atomic mass is 19.1. The number of rotatable bonds is 5. The summed E-state index contributed by atoms with van der Waals surface area (Å²) in [6, 6.07) is 11.9. The maximum Gasteiger partial charge on any atom is 0.267 e. The van der Waals surface area contributed by atoms with Crippen LogP contribution in [0, 0.1) is 5.82 Å². The number of ether oxygens (including phenoxy) is 3. The lowest BCUT2D eigenvalue weighted by Gasteiger charge is -2.30. The summed E-state index contributed by atoms with van der Waals surface area (Å²) in [4.78, 5) is 14.4. The lowest BCUT2D eigenvalue weighted by atomic mass is 10.1. The standard InChI is InChI=1S/C19H20FNO4/c1-3-21(11-13-8-9-15(23-2)14(20)10-13)19(22)18-12-24-16-6-4-5-7-17(16)25-18/h4-10,18H,3,11-12H2,1-2H3/t18-/m0/s1. The van der Waals surface area contributed by atoms with Crippen LogP contribution in [-0.4, -0.2) is 37.2 Å². The van der Waals surface area contributed by atoms with E-state index in [4.69, 9.17) is 14.2 Å². The molecule has 6 heteroatoms. The first-order valence-electron chi connectivity index (χ1n) is 8.12. The van der Waals surface area contributed by atoms with E-state index in [-0.39, 0.29) is 24.8 Å². The van der Waals surface area contributed by atoms with Crippen LogP contribution in [0.4, 0.5) is 4.39 Å². The quantitative estimate of drug-likeness (QED) is 0.836. The van der Waals surface area contributed by atoms with Gasteiger partial charge in [0.25, 0.3) is 5.91 Å². The molecule has 0 bridgehead atoms. The van der Waals surface area contributed by atoms with Gasteiger partial charge in [-0.3, -0.25) is 4.79 Å². The van der Waals surface area contributed by atoms with E-state index in [1.54, 1.807) is 29.2 Å². The number of hydrogen-bond acceptors (Lipinski definition) is 4. The van der Waals surface area contributed by atoms with E-state index < -0.39 is 11.9 Å². The van der Waals surface area contributed by atoms with Crippen molar-refractivity contribution in [1.82, 2.24) is 4.90 Å². The van der Waals surface area contributed by atoms with Crippen LogP contribution in [0.25, 0.3) is 0 Å². The molecule has 0 radical (unpaired) electrons. The Morgan fingerprint density at radius 2 is 2.04 bits per heavy atom. The van der Waals surface area contributed by atoms with Gasteiger partial charge < -0.3 is 19.1 Å². The van der Waals surface area contributed by atoms with Crippen LogP contribution < -0.4 is 14.2 Å². The van der Waals surface area contributed by atoms with E-state index in [2.05, 4.69) is 0 Å². The third-order valence-electron chi connectivity index (χ3n) is 4.07. The Labute approximate surface area is 145 Å². The van der Waals surface area contributed by atoms with Crippen LogP contribution in [0.2, 0.25) is 0 Å². The average molecular weight is 345 g/mol. The van der Waals surface area contributed by atoms with Crippen molar-refractivity contribution in [3.8, 4) is 17.2 Å². The van der Waals surface area contributed by atoms with Gasteiger partial charge in [0, 0.05) is 13.1 Å². The predicted octanol–water partition coefficient (Wildman–Crippen LogP) is 3.02. The molecule has 25 heavy (non-hydrogen) atoms. The fraction of sp³-hybridized carbons (Fsp3) is 0.316. The van der Waals surface area contributed by atoms with Crippen molar-refractivity contribution in [2.75, 3.05) is 20.3 Å². The average Bonchev–Trinajstić information content (AvgIpc) is 2.65. The summed E-state index contributed by atoms with van der Waals surface area (Å²) in [5.41, 5.74) is 0.686. The third kappa shape index (κ3) is 3.68. The lowest BCUT2D eigenvalue weighted by molar-refractivity contribution is -0.141. The van der Waals surface area contributed by atoms with Crippen LogP contribution in [0.5, 0.6) is 17.2 Å². The van der Waals surface area contributed by atoms with Gasteiger partial charge in [0.05, 0.1) is 7.11 Å². The number of amides is 1. The van der Waals surface area contributed by atoms with Gasteiger partial charge in [-0.05, 0) is 36.8 Å². The van der Waals surface area contributed by atoms with Crippen molar-refractivity contribution in [2.24, 2.45) is 0 Å².